The molecular weight excluding hydrogens is 206 g/mol. The van der Waals surface area contributed by atoms with Crippen molar-refractivity contribution >= 4 is 5.97 Å². The van der Waals surface area contributed by atoms with Crippen LogP contribution in [0.3, 0.4) is 0 Å². The van der Waals surface area contributed by atoms with Gasteiger partial charge in [-0.1, -0.05) is 13.8 Å². The van der Waals surface area contributed by atoms with E-state index in [0.29, 0.717) is 18.9 Å². The number of rotatable bonds is 7. The summed E-state index contributed by atoms with van der Waals surface area (Å²) in [6.45, 7) is 8.24. The van der Waals surface area contributed by atoms with Crippen molar-refractivity contribution in [3.63, 3.8) is 0 Å². The highest BCUT2D eigenvalue weighted by atomic mass is 16.5. The van der Waals surface area contributed by atoms with Crippen LogP contribution in [0.2, 0.25) is 0 Å². The van der Waals surface area contributed by atoms with Gasteiger partial charge in [0.25, 0.3) is 0 Å². The third-order valence-electron chi connectivity index (χ3n) is 2.32. The molecule has 16 heavy (non-hydrogen) atoms. The molecule has 0 saturated heterocycles. The molecule has 0 aliphatic heterocycles. The van der Waals surface area contributed by atoms with E-state index in [1.54, 1.807) is 13.8 Å². The molecule has 0 aromatic rings. The van der Waals surface area contributed by atoms with Crippen LogP contribution in [0, 0.1) is 5.92 Å². The first-order valence-corrected chi connectivity index (χ1v) is 5.80. The fourth-order valence-corrected chi connectivity index (χ4v) is 1.43. The van der Waals surface area contributed by atoms with Crippen LogP contribution >= 0.6 is 0 Å². The van der Waals surface area contributed by atoms with Gasteiger partial charge in [0.1, 0.15) is 6.04 Å². The molecule has 0 amide bonds. The van der Waals surface area contributed by atoms with Gasteiger partial charge in [0.2, 0.25) is 0 Å². The molecule has 0 aromatic heterocycles. The summed E-state index contributed by atoms with van der Waals surface area (Å²) in [5, 5.41) is 12.7. The van der Waals surface area contributed by atoms with E-state index in [9.17, 15) is 9.90 Å². The van der Waals surface area contributed by atoms with Gasteiger partial charge < -0.3 is 15.2 Å². The number of esters is 1. The Labute approximate surface area is 98.4 Å². The molecule has 0 saturated carbocycles. The molecule has 0 aromatic carbocycles. The number of methoxy groups -OCH3 is 1. The van der Waals surface area contributed by atoms with Gasteiger partial charge >= 0.3 is 5.97 Å². The molecule has 0 radical (unpaired) electrons. The maximum Gasteiger partial charge on any atom is 0.322 e. The minimum Gasteiger partial charge on any atom is -0.468 e. The van der Waals surface area contributed by atoms with Crippen LogP contribution in [0.15, 0.2) is 0 Å². The van der Waals surface area contributed by atoms with Gasteiger partial charge in [-0.25, -0.2) is 0 Å². The summed E-state index contributed by atoms with van der Waals surface area (Å²) in [6, 6.07) is -0.271. The van der Waals surface area contributed by atoms with Crippen molar-refractivity contribution in [1.82, 2.24) is 5.32 Å². The second-order valence-corrected chi connectivity index (χ2v) is 5.22. The molecule has 2 N–H and O–H groups in total. The van der Waals surface area contributed by atoms with Crippen LogP contribution in [0.5, 0.6) is 0 Å². The van der Waals surface area contributed by atoms with E-state index in [1.165, 1.54) is 7.11 Å². The number of carbonyl (C=O) groups is 1. The van der Waals surface area contributed by atoms with E-state index in [4.69, 9.17) is 4.74 Å². The van der Waals surface area contributed by atoms with E-state index in [1.807, 2.05) is 0 Å². The van der Waals surface area contributed by atoms with Crippen molar-refractivity contribution in [3.8, 4) is 0 Å². The van der Waals surface area contributed by atoms with Crippen LogP contribution in [-0.2, 0) is 9.53 Å². The monoisotopic (exact) mass is 231 g/mol. The van der Waals surface area contributed by atoms with Crippen LogP contribution in [0.4, 0.5) is 0 Å². The Bertz CT molecular complexity index is 209. The van der Waals surface area contributed by atoms with Gasteiger partial charge in [-0.3, -0.25) is 4.79 Å². The zero-order chi connectivity index (χ0) is 12.8. The SMILES string of the molecule is COC(=O)C(CC(C)C)NCCC(C)(C)O. The number of carbonyl (C=O) groups excluding carboxylic acids is 1. The maximum absolute atomic E-state index is 11.5. The lowest BCUT2D eigenvalue weighted by Crippen LogP contribution is -2.41. The molecule has 0 rings (SSSR count). The van der Waals surface area contributed by atoms with Gasteiger partial charge in [0.05, 0.1) is 12.7 Å². The Balaban J connectivity index is 4.07. The molecule has 0 fully saturated rings. The van der Waals surface area contributed by atoms with Gasteiger partial charge in [-0.2, -0.15) is 0 Å². The second-order valence-electron chi connectivity index (χ2n) is 5.22. The average molecular weight is 231 g/mol. The Hall–Kier alpha value is -0.610. The average Bonchev–Trinajstić information content (AvgIpc) is 2.12. The van der Waals surface area contributed by atoms with Gasteiger partial charge in [-0.15, -0.1) is 0 Å². The predicted molar refractivity (Wildman–Crippen MR) is 64.2 cm³/mol. The van der Waals surface area contributed by atoms with E-state index >= 15 is 0 Å². The first-order chi connectivity index (χ1) is 7.26. The minimum absolute atomic E-state index is 0.232. The van der Waals surface area contributed by atoms with E-state index in [0.717, 1.165) is 6.42 Å². The van der Waals surface area contributed by atoms with E-state index in [-0.39, 0.29) is 12.0 Å². The lowest BCUT2D eigenvalue weighted by atomic mass is 10.0. The number of aliphatic hydroxyl groups is 1. The number of ether oxygens (including phenoxy) is 1. The van der Waals surface area contributed by atoms with E-state index < -0.39 is 5.60 Å². The van der Waals surface area contributed by atoms with Crippen LogP contribution < -0.4 is 5.32 Å². The molecule has 4 nitrogen and oxygen atoms in total. The molecule has 96 valence electrons. The highest BCUT2D eigenvalue weighted by Gasteiger charge is 2.21. The predicted octanol–water partition coefficient (Wildman–Crippen LogP) is 1.32. The molecule has 4 heteroatoms. The molecule has 0 aliphatic carbocycles. The van der Waals surface area contributed by atoms with Crippen molar-refractivity contribution in [2.24, 2.45) is 5.92 Å². The van der Waals surface area contributed by atoms with Crippen LogP contribution in [0.1, 0.15) is 40.5 Å². The highest BCUT2D eigenvalue weighted by Crippen LogP contribution is 2.09. The lowest BCUT2D eigenvalue weighted by Gasteiger charge is -2.21. The van der Waals surface area contributed by atoms with Crippen LogP contribution in [0.25, 0.3) is 0 Å². The molecule has 1 unspecified atom stereocenters. The summed E-state index contributed by atoms with van der Waals surface area (Å²) in [5.74, 6) is 0.197. The third-order valence-corrected chi connectivity index (χ3v) is 2.32. The summed E-state index contributed by atoms with van der Waals surface area (Å²) < 4.78 is 4.73. The zero-order valence-corrected chi connectivity index (χ0v) is 11.0. The maximum atomic E-state index is 11.5. The molecule has 0 heterocycles. The standard InChI is InChI=1S/C12H25NO3/c1-9(2)8-10(11(14)16-5)13-7-6-12(3,4)15/h9-10,13,15H,6-8H2,1-5H3. The Morgan fingerprint density at radius 1 is 1.44 bits per heavy atom. The summed E-state index contributed by atoms with van der Waals surface area (Å²) in [7, 11) is 1.40. The van der Waals surface area contributed by atoms with Crippen molar-refractivity contribution in [1.29, 1.82) is 0 Å². The summed E-state index contributed by atoms with van der Waals surface area (Å²) in [6.07, 6.45) is 1.36. The largest absolute Gasteiger partial charge is 0.468 e. The molecule has 0 bridgehead atoms. The van der Waals surface area contributed by atoms with Crippen molar-refractivity contribution < 1.29 is 14.6 Å². The van der Waals surface area contributed by atoms with Gasteiger partial charge in [-0.05, 0) is 39.2 Å². The van der Waals surface area contributed by atoms with Crippen LogP contribution in [-0.4, -0.2) is 36.4 Å². The zero-order valence-electron chi connectivity index (χ0n) is 11.0. The molecule has 0 spiro atoms. The third kappa shape index (κ3) is 7.65. The van der Waals surface area contributed by atoms with Crippen molar-refractivity contribution in [2.75, 3.05) is 13.7 Å². The fraction of sp³-hybridized carbons (Fsp3) is 0.917. The fourth-order valence-electron chi connectivity index (χ4n) is 1.43. The normalized spacial score (nSPS) is 13.9. The molecule has 0 aliphatic rings. The highest BCUT2D eigenvalue weighted by molar-refractivity contribution is 5.75. The quantitative estimate of drug-likeness (QED) is 0.649. The summed E-state index contributed by atoms with van der Waals surface area (Å²) in [4.78, 5) is 11.5. The number of hydrogen-bond acceptors (Lipinski definition) is 4. The van der Waals surface area contributed by atoms with Crippen molar-refractivity contribution in [3.05, 3.63) is 0 Å². The first-order valence-electron chi connectivity index (χ1n) is 5.80. The Morgan fingerprint density at radius 3 is 2.38 bits per heavy atom. The molecular formula is C12H25NO3. The lowest BCUT2D eigenvalue weighted by molar-refractivity contribution is -0.143. The number of nitrogens with one attached hydrogen (secondary N) is 1. The van der Waals surface area contributed by atoms with Gasteiger partial charge in [0.15, 0.2) is 0 Å². The molecule has 1 atom stereocenters. The Morgan fingerprint density at radius 2 is 2.00 bits per heavy atom. The van der Waals surface area contributed by atoms with E-state index in [2.05, 4.69) is 19.2 Å². The first kappa shape index (κ1) is 15.4. The topological polar surface area (TPSA) is 58.6 Å². The van der Waals surface area contributed by atoms with Gasteiger partial charge in [0, 0.05) is 0 Å². The number of hydrogen-bond donors (Lipinski definition) is 2. The summed E-state index contributed by atoms with van der Waals surface area (Å²) in [5.41, 5.74) is -0.703. The smallest absolute Gasteiger partial charge is 0.322 e. The minimum atomic E-state index is -0.703. The second kappa shape index (κ2) is 6.86. The van der Waals surface area contributed by atoms with Crippen molar-refractivity contribution in [2.45, 2.75) is 52.2 Å². The summed E-state index contributed by atoms with van der Waals surface area (Å²) >= 11 is 0. The Kier molecular flexibility index (Phi) is 6.60.